The molecule has 0 aliphatic carbocycles. The van der Waals surface area contributed by atoms with Crippen LogP contribution in [0.1, 0.15) is 79.8 Å². The number of amides is 2. The number of aromatic amines is 2. The van der Waals surface area contributed by atoms with Gasteiger partial charge in [0.25, 0.3) is 5.91 Å². The number of aromatic nitrogens is 4. The summed E-state index contributed by atoms with van der Waals surface area (Å²) in [4.78, 5) is 46.7. The summed E-state index contributed by atoms with van der Waals surface area (Å²) < 4.78 is 11.4. The van der Waals surface area contributed by atoms with Crippen LogP contribution in [0.25, 0.3) is 22.1 Å². The number of hydrogen-bond donors (Lipinski definition) is 2. The van der Waals surface area contributed by atoms with E-state index in [4.69, 9.17) is 19.4 Å². The van der Waals surface area contributed by atoms with Crippen LogP contribution in [0.3, 0.4) is 0 Å². The zero-order chi connectivity index (χ0) is 32.5. The lowest BCUT2D eigenvalue weighted by Crippen LogP contribution is -2.38. The molecule has 0 spiro atoms. The van der Waals surface area contributed by atoms with Gasteiger partial charge in [-0.15, -0.1) is 0 Å². The molecule has 3 aliphatic rings. The number of rotatable bonds is 7. The standard InChI is InChI=1S/C38H38N6O4/c45-35(18-22-47-27-7-2-1-3-8-27)43-19-4-9-32(43)36-39-28-16-14-25(23-30(28)41-36)12-13-26-15-17-29-31(24-26)42-37(40-29)33-10-5-20-44(33)38(46)34-11-6-21-48-34/h1-3,7-8,14-17,23-24,32-34H,4-6,9-11,18-22H2,(H,39,41)(H,40,42)/t32-,33?,34-/m0/s1. The van der Waals surface area contributed by atoms with Crippen LogP contribution < -0.4 is 4.74 Å². The molecule has 244 valence electrons. The smallest absolute Gasteiger partial charge is 0.252 e. The van der Waals surface area contributed by atoms with Gasteiger partial charge in [0.15, 0.2) is 0 Å². The highest BCUT2D eigenvalue weighted by Gasteiger charge is 2.37. The van der Waals surface area contributed by atoms with E-state index < -0.39 is 0 Å². The van der Waals surface area contributed by atoms with E-state index in [1.54, 1.807) is 0 Å². The van der Waals surface area contributed by atoms with E-state index in [0.717, 1.165) is 102 Å². The quantitative estimate of drug-likeness (QED) is 0.217. The van der Waals surface area contributed by atoms with Crippen molar-refractivity contribution in [3.8, 4) is 17.6 Å². The number of carbonyl (C=O) groups excluding carboxylic acids is 2. The van der Waals surface area contributed by atoms with Crippen molar-refractivity contribution >= 4 is 33.9 Å². The van der Waals surface area contributed by atoms with Crippen molar-refractivity contribution in [1.29, 1.82) is 0 Å². The van der Waals surface area contributed by atoms with Crippen LogP contribution >= 0.6 is 0 Å². The summed E-state index contributed by atoms with van der Waals surface area (Å²) in [7, 11) is 0. The molecule has 0 bridgehead atoms. The summed E-state index contributed by atoms with van der Waals surface area (Å²) in [5, 5.41) is 0. The highest BCUT2D eigenvalue weighted by Crippen LogP contribution is 2.34. The molecule has 2 amide bonds. The third kappa shape index (κ3) is 6.14. The van der Waals surface area contributed by atoms with Crippen molar-refractivity contribution in [1.82, 2.24) is 29.7 Å². The molecule has 0 radical (unpaired) electrons. The average Bonchev–Trinajstić information content (AvgIpc) is 3.95. The van der Waals surface area contributed by atoms with E-state index in [2.05, 4.69) is 21.8 Å². The maximum absolute atomic E-state index is 13.1. The Bertz CT molecular complexity index is 2020. The first-order chi connectivity index (χ1) is 23.6. The molecule has 3 aromatic carbocycles. The van der Waals surface area contributed by atoms with Gasteiger partial charge in [0, 0.05) is 30.8 Å². The molecule has 10 heteroatoms. The van der Waals surface area contributed by atoms with Gasteiger partial charge in [-0.2, -0.15) is 0 Å². The number of hydrogen-bond acceptors (Lipinski definition) is 6. The Morgan fingerprint density at radius 3 is 2.04 bits per heavy atom. The maximum Gasteiger partial charge on any atom is 0.252 e. The van der Waals surface area contributed by atoms with Gasteiger partial charge in [-0.05, 0) is 87.1 Å². The molecule has 48 heavy (non-hydrogen) atoms. The number of likely N-dealkylation sites (tertiary alicyclic amines) is 2. The minimum absolute atomic E-state index is 0.0576. The normalized spacial score (nSPS) is 20.8. The fourth-order valence-corrected chi connectivity index (χ4v) is 7.21. The van der Waals surface area contributed by atoms with Crippen LogP contribution in [0.2, 0.25) is 0 Å². The van der Waals surface area contributed by atoms with Gasteiger partial charge in [-0.1, -0.05) is 30.0 Å². The molecule has 5 heterocycles. The molecule has 3 fully saturated rings. The number of nitrogens with zero attached hydrogens (tertiary/aromatic N) is 4. The minimum atomic E-state index is -0.318. The number of fused-ring (bicyclic) bond motifs is 2. The predicted octanol–water partition coefficient (Wildman–Crippen LogP) is 5.81. The highest BCUT2D eigenvalue weighted by molar-refractivity contribution is 5.83. The first-order valence-corrected chi connectivity index (χ1v) is 17.0. The Morgan fingerprint density at radius 2 is 1.42 bits per heavy atom. The number of carbonyl (C=O) groups is 2. The summed E-state index contributed by atoms with van der Waals surface area (Å²) >= 11 is 0. The Balaban J connectivity index is 0.944. The topological polar surface area (TPSA) is 116 Å². The van der Waals surface area contributed by atoms with Crippen molar-refractivity contribution in [2.24, 2.45) is 0 Å². The van der Waals surface area contributed by atoms with E-state index in [-0.39, 0.29) is 30.0 Å². The van der Waals surface area contributed by atoms with Gasteiger partial charge in [0.1, 0.15) is 23.5 Å². The van der Waals surface area contributed by atoms with E-state index >= 15 is 0 Å². The maximum atomic E-state index is 13.1. The van der Waals surface area contributed by atoms with Gasteiger partial charge < -0.3 is 29.2 Å². The lowest BCUT2D eigenvalue weighted by molar-refractivity contribution is -0.142. The fraction of sp³-hybridized carbons (Fsp3) is 0.368. The molecular weight excluding hydrogens is 604 g/mol. The van der Waals surface area contributed by atoms with E-state index in [1.165, 1.54) is 0 Å². The monoisotopic (exact) mass is 642 g/mol. The van der Waals surface area contributed by atoms with Crippen LogP contribution in [-0.4, -0.2) is 74.0 Å². The zero-order valence-electron chi connectivity index (χ0n) is 26.8. The van der Waals surface area contributed by atoms with Gasteiger partial charge in [-0.25, -0.2) is 9.97 Å². The van der Waals surface area contributed by atoms with Gasteiger partial charge >= 0.3 is 0 Å². The third-order valence-corrected chi connectivity index (χ3v) is 9.62. The number of para-hydroxylation sites is 1. The van der Waals surface area contributed by atoms with Crippen molar-refractivity contribution in [2.75, 3.05) is 26.3 Å². The molecule has 3 aliphatic heterocycles. The second-order valence-corrected chi connectivity index (χ2v) is 12.8. The Hall–Kier alpha value is -5.14. The first kappa shape index (κ1) is 30.2. The molecule has 3 atom stereocenters. The van der Waals surface area contributed by atoms with E-state index in [9.17, 15) is 9.59 Å². The lowest BCUT2D eigenvalue weighted by Gasteiger charge is -2.25. The molecule has 0 saturated carbocycles. The van der Waals surface area contributed by atoms with Gasteiger partial charge in [0.2, 0.25) is 5.91 Å². The van der Waals surface area contributed by atoms with Crippen LogP contribution in [0.15, 0.2) is 66.7 Å². The number of benzene rings is 3. The largest absolute Gasteiger partial charge is 0.493 e. The van der Waals surface area contributed by atoms with Crippen molar-refractivity contribution in [3.05, 3.63) is 89.5 Å². The Kier molecular flexibility index (Phi) is 8.29. The summed E-state index contributed by atoms with van der Waals surface area (Å²) in [5.41, 5.74) is 5.27. The second-order valence-electron chi connectivity index (χ2n) is 12.8. The molecule has 3 saturated heterocycles. The molecule has 1 unspecified atom stereocenters. The van der Waals surface area contributed by atoms with Crippen LogP contribution in [0.5, 0.6) is 5.75 Å². The Morgan fingerprint density at radius 1 is 0.792 bits per heavy atom. The summed E-state index contributed by atoms with van der Waals surface area (Å²) in [6.07, 6.45) is 5.41. The highest BCUT2D eigenvalue weighted by atomic mass is 16.5. The number of ether oxygens (including phenoxy) is 2. The van der Waals surface area contributed by atoms with Crippen molar-refractivity contribution < 1.29 is 19.1 Å². The van der Waals surface area contributed by atoms with Crippen molar-refractivity contribution in [2.45, 2.75) is 63.1 Å². The molecule has 8 rings (SSSR count). The second kappa shape index (κ2) is 13.2. The van der Waals surface area contributed by atoms with Gasteiger partial charge in [-0.3, -0.25) is 9.59 Å². The molecule has 5 aromatic rings. The predicted molar refractivity (Wildman–Crippen MR) is 181 cm³/mol. The van der Waals surface area contributed by atoms with Crippen LogP contribution in [0, 0.1) is 11.8 Å². The molecule has 2 aromatic heterocycles. The molecular formula is C38H38N6O4. The van der Waals surface area contributed by atoms with Crippen molar-refractivity contribution in [3.63, 3.8) is 0 Å². The minimum Gasteiger partial charge on any atom is -0.493 e. The lowest BCUT2D eigenvalue weighted by atomic mass is 10.1. The van der Waals surface area contributed by atoms with Crippen LogP contribution in [0.4, 0.5) is 0 Å². The third-order valence-electron chi connectivity index (χ3n) is 9.62. The number of H-pyrrole nitrogens is 2. The molecule has 2 N–H and O–H groups in total. The van der Waals surface area contributed by atoms with E-state index in [0.29, 0.717) is 19.6 Å². The zero-order valence-corrected chi connectivity index (χ0v) is 26.8. The summed E-state index contributed by atoms with van der Waals surface area (Å²) in [6, 6.07) is 21.4. The average molecular weight is 643 g/mol. The number of imidazole rings is 2. The van der Waals surface area contributed by atoms with Crippen LogP contribution in [-0.2, 0) is 14.3 Å². The SMILES string of the molecule is O=C([C@@H]1CCCO1)N1CCCC1c1nc2ccc(C#Cc3ccc4nc([C@@H]5CCCN5C(=O)CCOc5ccccc5)[nH]c4c3)cc2[nH]1. The summed E-state index contributed by atoms with van der Waals surface area (Å²) in [5.74, 6) is 9.16. The van der Waals surface area contributed by atoms with Gasteiger partial charge in [0.05, 0.1) is 47.2 Å². The Labute approximate surface area is 278 Å². The summed E-state index contributed by atoms with van der Waals surface area (Å²) in [6.45, 7) is 2.46. The fourth-order valence-electron chi connectivity index (χ4n) is 7.21. The number of nitrogens with one attached hydrogen (secondary N) is 2. The first-order valence-electron chi connectivity index (χ1n) is 17.0. The molecule has 10 nitrogen and oxygen atoms in total. The van der Waals surface area contributed by atoms with E-state index in [1.807, 2.05) is 76.5 Å².